The van der Waals surface area contributed by atoms with Gasteiger partial charge in [-0.05, 0) is 47.9 Å². The van der Waals surface area contributed by atoms with Gasteiger partial charge in [-0.2, -0.15) is 0 Å². The second-order valence-electron chi connectivity index (χ2n) is 7.42. The molecule has 1 aromatic carbocycles. The van der Waals surface area contributed by atoms with Crippen molar-refractivity contribution in [2.75, 3.05) is 11.9 Å². The zero-order valence-corrected chi connectivity index (χ0v) is 14.0. The molecule has 118 valence electrons. The number of hydrogen-bond donors (Lipinski definition) is 2. The Bertz CT molecular complexity index is 461. The molecule has 0 fully saturated rings. The van der Waals surface area contributed by atoms with E-state index in [2.05, 4.69) is 39.9 Å². The molecule has 1 aromatic rings. The van der Waals surface area contributed by atoms with Crippen molar-refractivity contribution < 1.29 is 9.90 Å². The summed E-state index contributed by atoms with van der Waals surface area (Å²) in [5.41, 5.74) is 1.98. The fraction of sp³-hybridized carbons (Fsp3) is 0.611. The van der Waals surface area contributed by atoms with E-state index in [0.29, 0.717) is 16.4 Å². The molecule has 0 bridgehead atoms. The second kappa shape index (κ2) is 6.97. The van der Waals surface area contributed by atoms with Gasteiger partial charge in [0.15, 0.2) is 0 Å². The summed E-state index contributed by atoms with van der Waals surface area (Å²) < 4.78 is 0. The number of benzene rings is 1. The van der Waals surface area contributed by atoms with Crippen LogP contribution in [-0.2, 0) is 0 Å². The predicted molar refractivity (Wildman–Crippen MR) is 89.0 cm³/mol. The lowest BCUT2D eigenvalue weighted by atomic mass is 9.72. The lowest BCUT2D eigenvalue weighted by molar-refractivity contribution is 0.0697. The van der Waals surface area contributed by atoms with Gasteiger partial charge in [-0.1, -0.05) is 41.0 Å². The largest absolute Gasteiger partial charge is 0.478 e. The first kappa shape index (κ1) is 17.5. The molecule has 3 heteroatoms. The first-order valence-corrected chi connectivity index (χ1v) is 7.72. The molecule has 0 spiro atoms. The summed E-state index contributed by atoms with van der Waals surface area (Å²) in [6, 6.07) is 6.92. The van der Waals surface area contributed by atoms with E-state index >= 15 is 0 Å². The normalized spacial score (nSPS) is 12.2. The average Bonchev–Trinajstić information content (AvgIpc) is 2.38. The SMILES string of the molecule is CCC(C)(C)CC(C)(C)CCNc1ccc(C(=O)O)cc1. The molecule has 21 heavy (non-hydrogen) atoms. The van der Waals surface area contributed by atoms with Gasteiger partial charge >= 0.3 is 5.97 Å². The van der Waals surface area contributed by atoms with Crippen LogP contribution < -0.4 is 5.32 Å². The number of carboxylic acids is 1. The predicted octanol–water partition coefficient (Wildman–Crippen LogP) is 5.04. The van der Waals surface area contributed by atoms with Crippen molar-refractivity contribution in [3.05, 3.63) is 29.8 Å². The van der Waals surface area contributed by atoms with Crippen LogP contribution in [-0.4, -0.2) is 17.6 Å². The van der Waals surface area contributed by atoms with Crippen molar-refractivity contribution in [2.45, 2.75) is 53.9 Å². The van der Waals surface area contributed by atoms with Crippen LogP contribution in [0.25, 0.3) is 0 Å². The topological polar surface area (TPSA) is 49.3 Å². The van der Waals surface area contributed by atoms with Gasteiger partial charge in [-0.3, -0.25) is 0 Å². The number of nitrogens with one attached hydrogen (secondary N) is 1. The molecule has 0 aromatic heterocycles. The van der Waals surface area contributed by atoms with Crippen molar-refractivity contribution in [3.63, 3.8) is 0 Å². The first-order chi connectivity index (χ1) is 9.65. The Morgan fingerprint density at radius 2 is 1.67 bits per heavy atom. The minimum absolute atomic E-state index is 0.299. The van der Waals surface area contributed by atoms with E-state index in [-0.39, 0.29) is 0 Å². The van der Waals surface area contributed by atoms with E-state index in [9.17, 15) is 4.79 Å². The molecule has 0 amide bonds. The first-order valence-electron chi connectivity index (χ1n) is 7.72. The Balaban J connectivity index is 2.47. The fourth-order valence-electron chi connectivity index (χ4n) is 2.78. The summed E-state index contributed by atoms with van der Waals surface area (Å²) in [5, 5.41) is 12.2. The van der Waals surface area contributed by atoms with Gasteiger partial charge in [0.05, 0.1) is 5.56 Å². The van der Waals surface area contributed by atoms with Gasteiger partial charge in [-0.25, -0.2) is 4.79 Å². The Kier molecular flexibility index (Phi) is 5.82. The number of aromatic carboxylic acids is 1. The van der Waals surface area contributed by atoms with Gasteiger partial charge in [0.2, 0.25) is 0 Å². The van der Waals surface area contributed by atoms with Crippen LogP contribution in [0.5, 0.6) is 0 Å². The Morgan fingerprint density at radius 1 is 1.10 bits per heavy atom. The lowest BCUT2D eigenvalue weighted by Gasteiger charge is -2.34. The highest BCUT2D eigenvalue weighted by atomic mass is 16.4. The maximum atomic E-state index is 10.8. The van der Waals surface area contributed by atoms with Crippen molar-refractivity contribution in [3.8, 4) is 0 Å². The third-order valence-electron chi connectivity index (χ3n) is 4.18. The van der Waals surface area contributed by atoms with Gasteiger partial charge in [0.1, 0.15) is 0 Å². The van der Waals surface area contributed by atoms with E-state index in [4.69, 9.17) is 5.11 Å². The fourth-order valence-corrected chi connectivity index (χ4v) is 2.78. The molecule has 1 rings (SSSR count). The standard InChI is InChI=1S/C18H29NO2/c1-6-17(2,3)13-18(4,5)11-12-19-15-9-7-14(8-10-15)16(20)21/h7-10,19H,6,11-13H2,1-5H3,(H,20,21). The monoisotopic (exact) mass is 291 g/mol. The average molecular weight is 291 g/mol. The molecule has 0 aliphatic heterocycles. The molecule has 0 saturated heterocycles. The van der Waals surface area contributed by atoms with Crippen LogP contribution >= 0.6 is 0 Å². The number of rotatable bonds is 8. The van der Waals surface area contributed by atoms with Crippen LogP contribution in [0.1, 0.15) is 64.2 Å². The third kappa shape index (κ3) is 6.19. The van der Waals surface area contributed by atoms with Crippen LogP contribution in [0.4, 0.5) is 5.69 Å². The van der Waals surface area contributed by atoms with Crippen molar-refractivity contribution in [1.29, 1.82) is 0 Å². The van der Waals surface area contributed by atoms with Gasteiger partial charge in [-0.15, -0.1) is 0 Å². The Hall–Kier alpha value is -1.51. The molecular formula is C18H29NO2. The highest BCUT2D eigenvalue weighted by Crippen LogP contribution is 2.38. The minimum Gasteiger partial charge on any atom is -0.478 e. The number of hydrogen-bond acceptors (Lipinski definition) is 2. The van der Waals surface area contributed by atoms with Crippen LogP contribution in [0.3, 0.4) is 0 Å². The van der Waals surface area contributed by atoms with Crippen molar-refractivity contribution in [2.24, 2.45) is 10.8 Å². The number of anilines is 1. The third-order valence-corrected chi connectivity index (χ3v) is 4.18. The van der Waals surface area contributed by atoms with Gasteiger partial charge in [0.25, 0.3) is 0 Å². The van der Waals surface area contributed by atoms with E-state index in [1.165, 1.54) is 12.8 Å². The minimum atomic E-state index is -0.885. The van der Waals surface area contributed by atoms with Gasteiger partial charge < -0.3 is 10.4 Å². The maximum absolute atomic E-state index is 10.8. The number of carboxylic acid groups (broad SMARTS) is 1. The summed E-state index contributed by atoms with van der Waals surface area (Å²) in [5.74, 6) is -0.885. The molecule has 0 atom stereocenters. The lowest BCUT2D eigenvalue weighted by Crippen LogP contribution is -2.25. The van der Waals surface area contributed by atoms with E-state index in [0.717, 1.165) is 18.7 Å². The van der Waals surface area contributed by atoms with Crippen molar-refractivity contribution in [1.82, 2.24) is 0 Å². The summed E-state index contributed by atoms with van der Waals surface area (Å²) in [6.45, 7) is 12.4. The molecule has 0 unspecified atom stereocenters. The van der Waals surface area contributed by atoms with Crippen LogP contribution in [0.15, 0.2) is 24.3 Å². The summed E-state index contributed by atoms with van der Waals surface area (Å²) in [6.07, 6.45) is 3.49. The Labute approximate surface area is 128 Å². The molecule has 0 saturated carbocycles. The van der Waals surface area contributed by atoms with Crippen LogP contribution in [0, 0.1) is 10.8 Å². The van der Waals surface area contributed by atoms with Gasteiger partial charge in [0, 0.05) is 12.2 Å². The van der Waals surface area contributed by atoms with Crippen LogP contribution in [0.2, 0.25) is 0 Å². The molecule has 0 radical (unpaired) electrons. The van der Waals surface area contributed by atoms with E-state index in [1.54, 1.807) is 12.1 Å². The molecular weight excluding hydrogens is 262 g/mol. The summed E-state index contributed by atoms with van der Waals surface area (Å²) in [4.78, 5) is 10.8. The summed E-state index contributed by atoms with van der Waals surface area (Å²) >= 11 is 0. The zero-order chi connectivity index (χ0) is 16.1. The smallest absolute Gasteiger partial charge is 0.335 e. The molecule has 0 aliphatic rings. The molecule has 3 nitrogen and oxygen atoms in total. The van der Waals surface area contributed by atoms with E-state index < -0.39 is 5.97 Å². The quantitative estimate of drug-likeness (QED) is 0.705. The zero-order valence-electron chi connectivity index (χ0n) is 14.0. The number of carbonyl (C=O) groups is 1. The highest BCUT2D eigenvalue weighted by Gasteiger charge is 2.27. The maximum Gasteiger partial charge on any atom is 0.335 e. The Morgan fingerprint density at radius 3 is 2.14 bits per heavy atom. The molecule has 0 aliphatic carbocycles. The van der Waals surface area contributed by atoms with Crippen molar-refractivity contribution >= 4 is 11.7 Å². The second-order valence-corrected chi connectivity index (χ2v) is 7.42. The molecule has 2 N–H and O–H groups in total. The molecule has 0 heterocycles. The highest BCUT2D eigenvalue weighted by molar-refractivity contribution is 5.87. The van der Waals surface area contributed by atoms with E-state index in [1.807, 2.05) is 12.1 Å². The summed E-state index contributed by atoms with van der Waals surface area (Å²) in [7, 11) is 0.